The van der Waals surface area contributed by atoms with Crippen LogP contribution in [0.2, 0.25) is 0 Å². The summed E-state index contributed by atoms with van der Waals surface area (Å²) in [6.07, 6.45) is 0.986. The van der Waals surface area contributed by atoms with Crippen molar-refractivity contribution in [1.29, 1.82) is 0 Å². The lowest BCUT2D eigenvalue weighted by Gasteiger charge is -2.24. The maximum absolute atomic E-state index is 12.1. The number of rotatable bonds is 5. The van der Waals surface area contributed by atoms with Gasteiger partial charge in [-0.1, -0.05) is 6.07 Å². The van der Waals surface area contributed by atoms with Gasteiger partial charge in [0, 0.05) is 18.3 Å². The summed E-state index contributed by atoms with van der Waals surface area (Å²) in [6.45, 7) is 4.30. The van der Waals surface area contributed by atoms with Gasteiger partial charge in [-0.15, -0.1) is 0 Å². The maximum Gasteiger partial charge on any atom is 0.245 e. The average molecular weight is 313 g/mol. The number of hydrogen-bond donors (Lipinski definition) is 3. The zero-order valence-corrected chi connectivity index (χ0v) is 13.2. The molecule has 0 spiro atoms. The lowest BCUT2D eigenvalue weighted by molar-refractivity contribution is -0.120. The molecule has 7 nitrogen and oxygen atoms in total. The molecule has 0 saturated heterocycles. The van der Waals surface area contributed by atoms with E-state index in [4.69, 9.17) is 0 Å². The van der Waals surface area contributed by atoms with Gasteiger partial charge in [0.05, 0.1) is 6.26 Å². The molecule has 0 radical (unpaired) electrons. The molecule has 2 amide bonds. The Balaban J connectivity index is 2.85. The molecule has 1 rings (SSSR count). The summed E-state index contributed by atoms with van der Waals surface area (Å²) in [6, 6.07) is 6.56. The first-order chi connectivity index (χ1) is 9.49. The number of nitrogens with one attached hydrogen (secondary N) is 3. The van der Waals surface area contributed by atoms with Crippen molar-refractivity contribution in [3.05, 3.63) is 24.3 Å². The van der Waals surface area contributed by atoms with E-state index >= 15 is 0 Å². The van der Waals surface area contributed by atoms with E-state index in [1.807, 2.05) is 0 Å². The Morgan fingerprint density at radius 2 is 1.62 bits per heavy atom. The second-order valence-electron chi connectivity index (χ2n) is 5.22. The summed E-state index contributed by atoms with van der Waals surface area (Å²) < 4.78 is 24.7. The van der Waals surface area contributed by atoms with Crippen molar-refractivity contribution >= 4 is 33.2 Å². The van der Waals surface area contributed by atoms with Crippen LogP contribution >= 0.6 is 0 Å². The molecule has 0 unspecified atom stereocenters. The monoisotopic (exact) mass is 313 g/mol. The molecule has 3 N–H and O–H groups in total. The Kier molecular flexibility index (Phi) is 5.08. The number of sulfonamides is 1. The first-order valence-corrected chi connectivity index (χ1v) is 8.07. The summed E-state index contributed by atoms with van der Waals surface area (Å²) in [5, 5.41) is 5.19. The Morgan fingerprint density at radius 1 is 1.10 bits per heavy atom. The van der Waals surface area contributed by atoms with Gasteiger partial charge in [-0.25, -0.2) is 13.1 Å². The fourth-order valence-corrected chi connectivity index (χ4v) is 2.69. The van der Waals surface area contributed by atoms with Crippen LogP contribution in [0.4, 0.5) is 11.4 Å². The Bertz CT molecular complexity index is 653. The molecule has 21 heavy (non-hydrogen) atoms. The highest BCUT2D eigenvalue weighted by molar-refractivity contribution is 7.88. The van der Waals surface area contributed by atoms with Gasteiger partial charge in [-0.05, 0) is 32.0 Å². The number of benzene rings is 1. The highest BCUT2D eigenvalue weighted by Crippen LogP contribution is 2.17. The second-order valence-corrected chi connectivity index (χ2v) is 6.96. The van der Waals surface area contributed by atoms with E-state index in [1.165, 1.54) is 20.8 Å². The van der Waals surface area contributed by atoms with Crippen LogP contribution in [0.25, 0.3) is 0 Å². The van der Waals surface area contributed by atoms with Crippen LogP contribution in [0, 0.1) is 0 Å². The molecule has 0 atom stereocenters. The summed E-state index contributed by atoms with van der Waals surface area (Å²) in [4.78, 5) is 23.1. The lowest BCUT2D eigenvalue weighted by Crippen LogP contribution is -2.51. The topological polar surface area (TPSA) is 104 Å². The highest BCUT2D eigenvalue weighted by atomic mass is 32.2. The molecule has 0 aliphatic rings. The molecule has 1 aromatic rings. The molecule has 0 fully saturated rings. The summed E-state index contributed by atoms with van der Waals surface area (Å²) in [5.74, 6) is -0.731. The molecule has 0 aromatic heterocycles. The molecule has 116 valence electrons. The van der Waals surface area contributed by atoms with Gasteiger partial charge in [0.1, 0.15) is 5.54 Å². The normalized spacial score (nSPS) is 11.8. The van der Waals surface area contributed by atoms with Gasteiger partial charge in [-0.2, -0.15) is 0 Å². The summed E-state index contributed by atoms with van der Waals surface area (Å²) >= 11 is 0. The molecule has 0 bridgehead atoms. The van der Waals surface area contributed by atoms with Crippen molar-refractivity contribution in [2.45, 2.75) is 26.3 Å². The molecular weight excluding hydrogens is 294 g/mol. The van der Waals surface area contributed by atoms with Crippen molar-refractivity contribution < 1.29 is 18.0 Å². The van der Waals surface area contributed by atoms with Crippen molar-refractivity contribution in [2.24, 2.45) is 0 Å². The quantitative estimate of drug-likeness (QED) is 0.751. The molecule has 0 aliphatic heterocycles. The Hall–Kier alpha value is -1.93. The van der Waals surface area contributed by atoms with E-state index in [9.17, 15) is 18.0 Å². The van der Waals surface area contributed by atoms with Crippen molar-refractivity contribution in [3.63, 3.8) is 0 Å². The molecule has 0 saturated carbocycles. The number of hydrogen-bond acceptors (Lipinski definition) is 4. The molecule has 0 heterocycles. The summed E-state index contributed by atoms with van der Waals surface area (Å²) in [7, 11) is -3.51. The Morgan fingerprint density at radius 3 is 2.10 bits per heavy atom. The van der Waals surface area contributed by atoms with Gasteiger partial charge >= 0.3 is 0 Å². The van der Waals surface area contributed by atoms with E-state index < -0.39 is 21.5 Å². The maximum atomic E-state index is 12.1. The summed E-state index contributed by atoms with van der Waals surface area (Å²) in [5.41, 5.74) is -0.304. The fraction of sp³-hybridized carbons (Fsp3) is 0.385. The molecule has 0 aliphatic carbocycles. The third-order valence-electron chi connectivity index (χ3n) is 2.45. The van der Waals surface area contributed by atoms with Crippen LogP contribution in [0.15, 0.2) is 24.3 Å². The molecule has 8 heteroatoms. The van der Waals surface area contributed by atoms with E-state index in [0.29, 0.717) is 11.4 Å². The largest absolute Gasteiger partial charge is 0.326 e. The number of carbonyl (C=O) groups excluding carboxylic acids is 2. The first-order valence-electron chi connectivity index (χ1n) is 6.18. The van der Waals surface area contributed by atoms with Crippen molar-refractivity contribution in [3.8, 4) is 0 Å². The van der Waals surface area contributed by atoms with E-state index in [2.05, 4.69) is 15.4 Å². The highest BCUT2D eigenvalue weighted by Gasteiger charge is 2.30. The molecule has 1 aromatic carbocycles. The number of carbonyl (C=O) groups is 2. The lowest BCUT2D eigenvalue weighted by atomic mass is 10.1. The predicted molar refractivity (Wildman–Crippen MR) is 81.4 cm³/mol. The van der Waals surface area contributed by atoms with Gasteiger partial charge in [0.2, 0.25) is 21.8 Å². The van der Waals surface area contributed by atoms with Crippen LogP contribution in [-0.2, 0) is 19.6 Å². The zero-order valence-electron chi connectivity index (χ0n) is 12.4. The molecular formula is C13H19N3O4S. The van der Waals surface area contributed by atoms with Gasteiger partial charge < -0.3 is 10.6 Å². The standard InChI is InChI=1S/C13H19N3O4S/c1-9(17)14-10-6-5-7-11(8-10)15-12(18)13(2,3)16-21(4,19)20/h5-8,16H,1-4H3,(H,14,17)(H,15,18). The van der Waals surface area contributed by atoms with Crippen LogP contribution in [-0.4, -0.2) is 32.0 Å². The first kappa shape index (κ1) is 17.1. The average Bonchev–Trinajstić information content (AvgIpc) is 2.24. The van der Waals surface area contributed by atoms with Gasteiger partial charge in [-0.3, -0.25) is 9.59 Å². The van der Waals surface area contributed by atoms with Gasteiger partial charge in [0.15, 0.2) is 0 Å². The zero-order chi connectivity index (χ0) is 16.3. The smallest absolute Gasteiger partial charge is 0.245 e. The van der Waals surface area contributed by atoms with Crippen LogP contribution in [0.3, 0.4) is 0 Å². The van der Waals surface area contributed by atoms with Crippen molar-refractivity contribution in [2.75, 3.05) is 16.9 Å². The van der Waals surface area contributed by atoms with Crippen LogP contribution in [0.1, 0.15) is 20.8 Å². The van der Waals surface area contributed by atoms with E-state index in [1.54, 1.807) is 24.3 Å². The third kappa shape index (κ3) is 5.92. The number of amides is 2. The number of anilines is 2. The second kappa shape index (κ2) is 6.23. The van der Waals surface area contributed by atoms with E-state index in [-0.39, 0.29) is 5.91 Å². The van der Waals surface area contributed by atoms with Crippen LogP contribution in [0.5, 0.6) is 0 Å². The minimum Gasteiger partial charge on any atom is -0.326 e. The minimum absolute atomic E-state index is 0.224. The van der Waals surface area contributed by atoms with Crippen molar-refractivity contribution in [1.82, 2.24) is 4.72 Å². The van der Waals surface area contributed by atoms with E-state index in [0.717, 1.165) is 6.26 Å². The van der Waals surface area contributed by atoms with Crippen LogP contribution < -0.4 is 15.4 Å². The fourth-order valence-electron chi connectivity index (χ4n) is 1.68. The minimum atomic E-state index is -3.51. The van der Waals surface area contributed by atoms with Gasteiger partial charge in [0.25, 0.3) is 0 Å². The SMILES string of the molecule is CC(=O)Nc1cccc(NC(=O)C(C)(C)NS(C)(=O)=O)c1. The third-order valence-corrected chi connectivity index (χ3v) is 3.33. The predicted octanol–water partition coefficient (Wildman–Crippen LogP) is 0.911. The Labute approximate surface area is 124 Å².